The van der Waals surface area contributed by atoms with Gasteiger partial charge in [-0.25, -0.2) is 0 Å². The number of nitrogens with zero attached hydrogens (tertiary/aromatic N) is 2. The Morgan fingerprint density at radius 3 is 1.00 bits per heavy atom. The molecule has 3 rings (SSSR count). The molecule has 0 atom stereocenters. The summed E-state index contributed by atoms with van der Waals surface area (Å²) in [6.45, 7) is 7.44. The summed E-state index contributed by atoms with van der Waals surface area (Å²) in [5, 5.41) is 0. The molecule has 2 nitrogen and oxygen atoms in total. The molecule has 0 unspecified atom stereocenters. The second-order valence-corrected chi connectivity index (χ2v) is 4.02. The van der Waals surface area contributed by atoms with Crippen LogP contribution in [0.1, 0.15) is 0 Å². The molecule has 3 saturated heterocycles. The summed E-state index contributed by atoms with van der Waals surface area (Å²) in [5.74, 6) is 0. The average molecular weight is 140 g/mol. The van der Waals surface area contributed by atoms with E-state index >= 15 is 0 Å². The zero-order valence-corrected chi connectivity index (χ0v) is 6.55. The van der Waals surface area contributed by atoms with E-state index in [1.807, 2.05) is 0 Å². The minimum Gasteiger partial charge on any atom is -0.305 e. The molecule has 0 saturated carbocycles. The van der Waals surface area contributed by atoms with Crippen molar-refractivity contribution >= 4 is 0 Å². The molecule has 0 amide bonds. The standard InChI is InChI=1S/C8H16N2/c1-9-3-6-10(2,7-4-9)8-5-9/h1-8H2/q+2. The minimum absolute atomic E-state index is 1.06. The molecule has 2 radical (unpaired) electrons. The molecule has 56 valence electrons. The van der Waals surface area contributed by atoms with Gasteiger partial charge < -0.3 is 8.97 Å². The molecule has 3 aliphatic heterocycles. The summed E-state index contributed by atoms with van der Waals surface area (Å²) in [5.41, 5.74) is 0. The lowest BCUT2D eigenvalue weighted by molar-refractivity contribution is -1.04. The number of fused-ring (bicyclic) bond motifs is 3. The van der Waals surface area contributed by atoms with Gasteiger partial charge in [0.05, 0.1) is 0 Å². The van der Waals surface area contributed by atoms with E-state index < -0.39 is 0 Å². The quantitative estimate of drug-likeness (QED) is 0.423. The minimum atomic E-state index is 1.06. The Hall–Kier alpha value is -0.0800. The van der Waals surface area contributed by atoms with E-state index in [4.69, 9.17) is 0 Å². The van der Waals surface area contributed by atoms with Gasteiger partial charge in [0.15, 0.2) is 0 Å². The number of hydrogen-bond donors (Lipinski definition) is 0. The zero-order chi connectivity index (χ0) is 7.24. The summed E-state index contributed by atoms with van der Waals surface area (Å²) >= 11 is 0. The Balaban J connectivity index is 2.16. The van der Waals surface area contributed by atoms with E-state index in [0.29, 0.717) is 0 Å². The Labute approximate surface area is 63.2 Å². The van der Waals surface area contributed by atoms with Gasteiger partial charge in [-0.05, 0) is 0 Å². The first-order valence-electron chi connectivity index (χ1n) is 4.03. The smallest absolute Gasteiger partial charge is 0.129 e. The lowest BCUT2D eigenvalue weighted by Crippen LogP contribution is -2.70. The van der Waals surface area contributed by atoms with Crippen LogP contribution in [-0.2, 0) is 0 Å². The van der Waals surface area contributed by atoms with Gasteiger partial charge in [0.1, 0.15) is 53.4 Å². The largest absolute Gasteiger partial charge is 0.305 e. The lowest BCUT2D eigenvalue weighted by Gasteiger charge is -2.51. The highest BCUT2D eigenvalue weighted by molar-refractivity contribution is 4.60. The van der Waals surface area contributed by atoms with Crippen LogP contribution in [0, 0.1) is 14.1 Å². The van der Waals surface area contributed by atoms with Gasteiger partial charge >= 0.3 is 0 Å². The normalized spacial score (nSPS) is 53.4. The third kappa shape index (κ3) is 0.867. The van der Waals surface area contributed by atoms with Crippen molar-refractivity contribution in [2.24, 2.45) is 0 Å². The van der Waals surface area contributed by atoms with E-state index in [1.165, 1.54) is 39.3 Å². The predicted molar refractivity (Wildman–Crippen MR) is 40.4 cm³/mol. The Kier molecular flexibility index (Phi) is 1.15. The molecule has 10 heavy (non-hydrogen) atoms. The fraction of sp³-hybridized carbons (Fsp3) is 0.750. The molecule has 0 aliphatic carbocycles. The van der Waals surface area contributed by atoms with Crippen LogP contribution in [0.4, 0.5) is 0 Å². The molecule has 0 aromatic rings. The van der Waals surface area contributed by atoms with E-state index in [2.05, 4.69) is 14.1 Å². The fourth-order valence-corrected chi connectivity index (χ4v) is 1.94. The maximum atomic E-state index is 4.22. The van der Waals surface area contributed by atoms with Crippen LogP contribution in [0.3, 0.4) is 0 Å². The van der Waals surface area contributed by atoms with Crippen LogP contribution >= 0.6 is 0 Å². The van der Waals surface area contributed by atoms with Crippen molar-refractivity contribution in [3.8, 4) is 0 Å². The van der Waals surface area contributed by atoms with Crippen molar-refractivity contribution < 1.29 is 8.97 Å². The predicted octanol–water partition coefficient (Wildman–Crippen LogP) is 0.230. The highest BCUT2D eigenvalue weighted by Crippen LogP contribution is 2.23. The van der Waals surface area contributed by atoms with Crippen LogP contribution in [-0.4, -0.2) is 48.2 Å². The Morgan fingerprint density at radius 1 is 0.600 bits per heavy atom. The van der Waals surface area contributed by atoms with Gasteiger partial charge in [0.25, 0.3) is 0 Å². The van der Waals surface area contributed by atoms with Crippen molar-refractivity contribution in [2.75, 3.05) is 39.3 Å². The molecule has 0 N–H and O–H groups in total. The van der Waals surface area contributed by atoms with Crippen molar-refractivity contribution in [3.05, 3.63) is 14.1 Å². The summed E-state index contributed by atoms with van der Waals surface area (Å²) < 4.78 is 2.13. The van der Waals surface area contributed by atoms with Crippen LogP contribution in [0.2, 0.25) is 0 Å². The molecule has 0 aromatic heterocycles. The topological polar surface area (TPSA) is 0 Å². The molecule has 0 spiro atoms. The van der Waals surface area contributed by atoms with Crippen LogP contribution in [0.5, 0.6) is 0 Å². The molecule has 3 heterocycles. The summed E-state index contributed by atoms with van der Waals surface area (Å²) in [6, 6.07) is 0. The first-order valence-corrected chi connectivity index (χ1v) is 4.03. The third-order valence-corrected chi connectivity index (χ3v) is 3.15. The third-order valence-electron chi connectivity index (χ3n) is 3.15. The van der Waals surface area contributed by atoms with Crippen LogP contribution in [0.25, 0.3) is 0 Å². The molecule has 2 heteroatoms. The fourth-order valence-electron chi connectivity index (χ4n) is 1.94. The molecule has 0 aromatic carbocycles. The van der Waals surface area contributed by atoms with E-state index in [-0.39, 0.29) is 0 Å². The maximum Gasteiger partial charge on any atom is 0.129 e. The first kappa shape index (κ1) is 6.62. The number of hydrogen-bond acceptors (Lipinski definition) is 0. The summed E-state index contributed by atoms with van der Waals surface area (Å²) in [6.07, 6.45) is 0. The van der Waals surface area contributed by atoms with E-state index in [9.17, 15) is 0 Å². The van der Waals surface area contributed by atoms with E-state index in [1.54, 1.807) is 0 Å². The summed E-state index contributed by atoms with van der Waals surface area (Å²) in [4.78, 5) is 0. The van der Waals surface area contributed by atoms with Crippen molar-refractivity contribution in [3.63, 3.8) is 0 Å². The Morgan fingerprint density at radius 2 is 0.800 bits per heavy atom. The van der Waals surface area contributed by atoms with Crippen molar-refractivity contribution in [1.29, 1.82) is 0 Å². The molecule has 2 bridgehead atoms. The van der Waals surface area contributed by atoms with Gasteiger partial charge in [-0.3, -0.25) is 0 Å². The SMILES string of the molecule is [CH2][N+]12CC[N+]([CH2])(CC1)CC2. The first-order chi connectivity index (χ1) is 4.62. The molecular weight excluding hydrogens is 124 g/mol. The van der Waals surface area contributed by atoms with Gasteiger partial charge in [0.2, 0.25) is 0 Å². The monoisotopic (exact) mass is 140 g/mol. The number of piperazine rings is 3. The Bertz CT molecular complexity index is 111. The highest BCUT2D eigenvalue weighted by atomic mass is 15.5. The second kappa shape index (κ2) is 1.74. The second-order valence-electron chi connectivity index (χ2n) is 4.02. The van der Waals surface area contributed by atoms with Crippen molar-refractivity contribution in [1.82, 2.24) is 0 Å². The number of quaternary nitrogens is 2. The summed E-state index contributed by atoms with van der Waals surface area (Å²) in [7, 11) is 8.43. The maximum absolute atomic E-state index is 4.22. The number of rotatable bonds is 0. The van der Waals surface area contributed by atoms with Gasteiger partial charge in [-0.15, -0.1) is 0 Å². The highest BCUT2D eigenvalue weighted by Gasteiger charge is 2.44. The average Bonchev–Trinajstić information content (AvgIpc) is 1.93. The molecule has 3 fully saturated rings. The van der Waals surface area contributed by atoms with Crippen molar-refractivity contribution in [2.45, 2.75) is 0 Å². The van der Waals surface area contributed by atoms with Gasteiger partial charge in [-0.2, -0.15) is 0 Å². The van der Waals surface area contributed by atoms with Gasteiger partial charge in [0, 0.05) is 0 Å². The van der Waals surface area contributed by atoms with E-state index in [0.717, 1.165) is 8.97 Å². The van der Waals surface area contributed by atoms with Gasteiger partial charge in [-0.1, -0.05) is 0 Å². The van der Waals surface area contributed by atoms with Crippen LogP contribution in [0.15, 0.2) is 0 Å². The van der Waals surface area contributed by atoms with Crippen LogP contribution < -0.4 is 0 Å². The molecule has 3 aliphatic rings. The molecular formula is C8H16N2+2. The lowest BCUT2D eigenvalue weighted by atomic mass is 10.1. The zero-order valence-electron chi connectivity index (χ0n) is 6.55.